The van der Waals surface area contributed by atoms with E-state index in [-0.39, 0.29) is 11.6 Å². The van der Waals surface area contributed by atoms with E-state index < -0.39 is 0 Å². The summed E-state index contributed by atoms with van der Waals surface area (Å²) in [6.07, 6.45) is 5.14. The maximum absolute atomic E-state index is 5.98. The summed E-state index contributed by atoms with van der Waals surface area (Å²) in [6, 6.07) is 1.68. The van der Waals surface area contributed by atoms with Crippen molar-refractivity contribution in [2.45, 2.75) is 38.3 Å². The Morgan fingerprint density at radius 1 is 1.40 bits per heavy atom. The molecule has 0 radical (unpaired) electrons. The summed E-state index contributed by atoms with van der Waals surface area (Å²) in [5, 5.41) is 0. The van der Waals surface area contributed by atoms with Gasteiger partial charge in [-0.2, -0.15) is 0 Å². The summed E-state index contributed by atoms with van der Waals surface area (Å²) in [6.45, 7) is 4.09. The molecule has 1 rings (SSSR count). The highest BCUT2D eigenvalue weighted by atomic mass is 16.5. The van der Waals surface area contributed by atoms with Gasteiger partial charge in [-0.25, -0.2) is 9.97 Å². The average molecular weight is 209 g/mol. The molecule has 1 heterocycles. The van der Waals surface area contributed by atoms with Crippen LogP contribution >= 0.6 is 0 Å². The summed E-state index contributed by atoms with van der Waals surface area (Å²) in [7, 11) is 1.71. The van der Waals surface area contributed by atoms with Crippen molar-refractivity contribution in [2.24, 2.45) is 5.73 Å². The third-order valence-corrected chi connectivity index (χ3v) is 2.53. The summed E-state index contributed by atoms with van der Waals surface area (Å²) >= 11 is 0. The molecule has 0 saturated heterocycles. The van der Waals surface area contributed by atoms with Crippen molar-refractivity contribution in [1.82, 2.24) is 9.97 Å². The zero-order valence-corrected chi connectivity index (χ0v) is 9.60. The molecule has 1 atom stereocenters. The van der Waals surface area contributed by atoms with Crippen molar-refractivity contribution >= 4 is 0 Å². The summed E-state index contributed by atoms with van der Waals surface area (Å²) in [5.41, 5.74) is 5.84. The Labute approximate surface area is 90.9 Å². The van der Waals surface area contributed by atoms with Crippen molar-refractivity contribution in [3.05, 3.63) is 24.3 Å². The van der Waals surface area contributed by atoms with Gasteiger partial charge in [0.25, 0.3) is 0 Å². The van der Waals surface area contributed by atoms with Crippen molar-refractivity contribution < 1.29 is 4.74 Å². The van der Waals surface area contributed by atoms with Crippen LogP contribution in [0.3, 0.4) is 0 Å². The molecule has 0 spiro atoms. The van der Waals surface area contributed by atoms with Crippen LogP contribution in [0.15, 0.2) is 18.5 Å². The van der Waals surface area contributed by atoms with Crippen LogP contribution in [0.2, 0.25) is 0 Å². The molecular weight excluding hydrogens is 190 g/mol. The third kappa shape index (κ3) is 3.93. The lowest BCUT2D eigenvalue weighted by Gasteiger charge is -2.24. The number of methoxy groups -OCH3 is 1. The first kappa shape index (κ1) is 12.1. The minimum Gasteiger partial charge on any atom is -0.379 e. The fraction of sp³-hybridized carbons (Fsp3) is 0.636. The maximum atomic E-state index is 5.98. The number of aromatic nitrogens is 2. The topological polar surface area (TPSA) is 61.0 Å². The monoisotopic (exact) mass is 209 g/mol. The minimum absolute atomic E-state index is 0.111. The lowest BCUT2D eigenvalue weighted by molar-refractivity contribution is 0.0123. The van der Waals surface area contributed by atoms with E-state index in [1.165, 1.54) is 0 Å². The number of nitrogens with two attached hydrogens (primary N) is 1. The summed E-state index contributed by atoms with van der Waals surface area (Å²) in [5.74, 6) is 0.699. The minimum atomic E-state index is -0.133. The molecule has 0 saturated carbocycles. The average Bonchev–Trinajstić information content (AvgIpc) is 2.27. The van der Waals surface area contributed by atoms with Gasteiger partial charge in [0.05, 0.1) is 11.6 Å². The third-order valence-electron chi connectivity index (χ3n) is 2.53. The van der Waals surface area contributed by atoms with Crippen molar-refractivity contribution in [3.8, 4) is 0 Å². The molecule has 0 fully saturated rings. The molecule has 84 valence electrons. The number of ether oxygens (including phenoxy) is 1. The quantitative estimate of drug-likeness (QED) is 0.801. The number of nitrogens with zero attached hydrogens (tertiary/aromatic N) is 2. The molecule has 0 bridgehead atoms. The molecule has 0 aliphatic rings. The Bertz CT molecular complexity index is 287. The normalized spacial score (nSPS) is 13.9. The molecule has 0 aliphatic heterocycles. The van der Waals surface area contributed by atoms with Crippen molar-refractivity contribution in [3.63, 3.8) is 0 Å². The molecule has 4 nitrogen and oxygen atoms in total. The van der Waals surface area contributed by atoms with Gasteiger partial charge in [-0.15, -0.1) is 0 Å². The van der Waals surface area contributed by atoms with E-state index in [9.17, 15) is 0 Å². The van der Waals surface area contributed by atoms with E-state index in [0.29, 0.717) is 5.82 Å². The standard InChI is InChI=1S/C11H19N3O/c1-11(2,15-3)6-5-9(12)10-13-7-4-8-14-10/h4,7-9H,5-6,12H2,1-3H3. The zero-order valence-electron chi connectivity index (χ0n) is 9.60. The van der Waals surface area contributed by atoms with Crippen LogP contribution in [0.1, 0.15) is 38.6 Å². The number of hydrogen-bond donors (Lipinski definition) is 1. The molecule has 1 aromatic heterocycles. The molecule has 2 N–H and O–H groups in total. The smallest absolute Gasteiger partial charge is 0.144 e. The SMILES string of the molecule is COC(C)(C)CCC(N)c1ncccn1. The van der Waals surface area contributed by atoms with Gasteiger partial charge in [0.2, 0.25) is 0 Å². The van der Waals surface area contributed by atoms with E-state index in [1.54, 1.807) is 25.6 Å². The second-order valence-corrected chi connectivity index (χ2v) is 4.22. The van der Waals surface area contributed by atoms with Gasteiger partial charge in [0.1, 0.15) is 5.82 Å². The predicted octanol–water partition coefficient (Wildman–Crippen LogP) is 1.68. The second-order valence-electron chi connectivity index (χ2n) is 4.22. The molecular formula is C11H19N3O. The fourth-order valence-electron chi connectivity index (χ4n) is 1.24. The Morgan fingerprint density at radius 3 is 2.53 bits per heavy atom. The van der Waals surface area contributed by atoms with Crippen LogP contribution < -0.4 is 5.73 Å². The number of hydrogen-bond acceptors (Lipinski definition) is 4. The molecule has 0 amide bonds. The van der Waals surface area contributed by atoms with Gasteiger partial charge in [0, 0.05) is 19.5 Å². The van der Waals surface area contributed by atoms with E-state index in [0.717, 1.165) is 12.8 Å². The highest BCUT2D eigenvalue weighted by molar-refractivity contribution is 4.94. The van der Waals surface area contributed by atoms with Crippen molar-refractivity contribution in [2.75, 3.05) is 7.11 Å². The van der Waals surface area contributed by atoms with Crippen LogP contribution in [-0.4, -0.2) is 22.7 Å². The van der Waals surface area contributed by atoms with Gasteiger partial charge in [-0.1, -0.05) is 0 Å². The highest BCUT2D eigenvalue weighted by Crippen LogP contribution is 2.20. The van der Waals surface area contributed by atoms with Gasteiger partial charge in [0.15, 0.2) is 0 Å². The van der Waals surface area contributed by atoms with Crippen LogP contribution in [-0.2, 0) is 4.74 Å². The molecule has 0 aromatic carbocycles. The van der Waals surface area contributed by atoms with E-state index in [1.807, 2.05) is 13.8 Å². The second kappa shape index (κ2) is 5.19. The van der Waals surface area contributed by atoms with Crippen LogP contribution in [0.5, 0.6) is 0 Å². The van der Waals surface area contributed by atoms with Gasteiger partial charge >= 0.3 is 0 Å². The Hall–Kier alpha value is -1.00. The van der Waals surface area contributed by atoms with Gasteiger partial charge in [-0.3, -0.25) is 0 Å². The van der Waals surface area contributed by atoms with Crippen LogP contribution in [0.4, 0.5) is 0 Å². The highest BCUT2D eigenvalue weighted by Gasteiger charge is 2.19. The van der Waals surface area contributed by atoms with Crippen molar-refractivity contribution in [1.29, 1.82) is 0 Å². The Balaban J connectivity index is 2.47. The van der Waals surface area contributed by atoms with Gasteiger partial charge < -0.3 is 10.5 Å². The molecule has 1 aromatic rings. The first-order valence-electron chi connectivity index (χ1n) is 5.13. The first-order valence-corrected chi connectivity index (χ1v) is 5.13. The zero-order chi connectivity index (χ0) is 11.3. The Morgan fingerprint density at radius 2 is 2.00 bits per heavy atom. The molecule has 4 heteroatoms. The number of rotatable bonds is 5. The summed E-state index contributed by atoms with van der Waals surface area (Å²) in [4.78, 5) is 8.26. The summed E-state index contributed by atoms with van der Waals surface area (Å²) < 4.78 is 5.33. The fourth-order valence-corrected chi connectivity index (χ4v) is 1.24. The van der Waals surface area contributed by atoms with Crippen LogP contribution in [0, 0.1) is 0 Å². The van der Waals surface area contributed by atoms with Gasteiger partial charge in [-0.05, 0) is 32.8 Å². The van der Waals surface area contributed by atoms with E-state index >= 15 is 0 Å². The van der Waals surface area contributed by atoms with Crippen LogP contribution in [0.25, 0.3) is 0 Å². The largest absolute Gasteiger partial charge is 0.379 e. The Kier molecular flexibility index (Phi) is 4.17. The molecule has 1 unspecified atom stereocenters. The molecule has 15 heavy (non-hydrogen) atoms. The maximum Gasteiger partial charge on any atom is 0.144 e. The predicted molar refractivity (Wildman–Crippen MR) is 59.3 cm³/mol. The first-order chi connectivity index (χ1) is 7.05. The lowest BCUT2D eigenvalue weighted by Crippen LogP contribution is -2.25. The van der Waals surface area contributed by atoms with E-state index in [4.69, 9.17) is 10.5 Å². The van der Waals surface area contributed by atoms with E-state index in [2.05, 4.69) is 9.97 Å². The lowest BCUT2D eigenvalue weighted by atomic mass is 9.99. The molecule has 0 aliphatic carbocycles.